The fourth-order valence-electron chi connectivity index (χ4n) is 1.40. The molecule has 0 atom stereocenters. The van der Waals surface area contributed by atoms with Crippen LogP contribution < -0.4 is 5.32 Å². The third-order valence-corrected chi connectivity index (χ3v) is 2.78. The number of anilines is 2. The van der Waals surface area contributed by atoms with E-state index >= 15 is 0 Å². The lowest BCUT2D eigenvalue weighted by Gasteiger charge is -2.09. The molecular formula is C11H11Cl2N3. The molecule has 0 saturated carbocycles. The molecule has 0 fully saturated rings. The Balaban J connectivity index is 2.27. The number of nitrogens with one attached hydrogen (secondary N) is 1. The molecule has 0 spiro atoms. The van der Waals surface area contributed by atoms with E-state index in [0.29, 0.717) is 10.0 Å². The second-order valence-corrected chi connectivity index (χ2v) is 4.13. The van der Waals surface area contributed by atoms with Crippen molar-refractivity contribution >= 4 is 34.8 Å². The minimum atomic E-state index is 0.582. The van der Waals surface area contributed by atoms with E-state index in [1.807, 2.05) is 16.8 Å². The molecule has 0 bridgehead atoms. The van der Waals surface area contributed by atoms with Gasteiger partial charge in [0.1, 0.15) is 0 Å². The largest absolute Gasteiger partial charge is 0.324 e. The summed E-state index contributed by atoms with van der Waals surface area (Å²) in [7, 11) is 0. The van der Waals surface area contributed by atoms with E-state index in [9.17, 15) is 0 Å². The first-order chi connectivity index (χ1) is 7.70. The smallest absolute Gasteiger partial charge is 0.207 e. The lowest BCUT2D eigenvalue weighted by atomic mass is 10.3. The van der Waals surface area contributed by atoms with Gasteiger partial charge in [-0.2, -0.15) is 0 Å². The Kier molecular flexibility index (Phi) is 3.36. The quantitative estimate of drug-likeness (QED) is 0.900. The third kappa shape index (κ3) is 2.31. The molecular weight excluding hydrogens is 245 g/mol. The molecule has 0 aliphatic carbocycles. The molecule has 1 heterocycles. The van der Waals surface area contributed by atoms with Crippen LogP contribution in [0.15, 0.2) is 30.6 Å². The van der Waals surface area contributed by atoms with Crippen LogP contribution in [0.5, 0.6) is 0 Å². The van der Waals surface area contributed by atoms with Crippen LogP contribution in [0.25, 0.3) is 0 Å². The van der Waals surface area contributed by atoms with Gasteiger partial charge in [-0.05, 0) is 25.1 Å². The maximum absolute atomic E-state index is 6.06. The standard InChI is InChI=1S/C11H11Cl2N3/c1-2-16-6-5-14-11(16)15-10-4-3-8(12)7-9(10)13/h3-7H,2H2,1H3,(H,14,15). The van der Waals surface area contributed by atoms with Crippen LogP contribution in [0, 0.1) is 0 Å². The molecule has 5 heteroatoms. The number of aromatic nitrogens is 2. The molecule has 0 amide bonds. The average Bonchev–Trinajstić information content (AvgIpc) is 2.69. The van der Waals surface area contributed by atoms with Crippen molar-refractivity contribution in [2.24, 2.45) is 0 Å². The molecule has 1 aromatic heterocycles. The number of hydrogen-bond donors (Lipinski definition) is 1. The van der Waals surface area contributed by atoms with Crippen LogP contribution in [-0.2, 0) is 6.54 Å². The summed E-state index contributed by atoms with van der Waals surface area (Å²) in [4.78, 5) is 4.21. The first-order valence-corrected chi connectivity index (χ1v) is 5.69. The van der Waals surface area contributed by atoms with E-state index in [-0.39, 0.29) is 0 Å². The highest BCUT2D eigenvalue weighted by Crippen LogP contribution is 2.27. The highest BCUT2D eigenvalue weighted by Gasteiger charge is 2.05. The predicted octanol–water partition coefficient (Wildman–Crippen LogP) is 3.95. The van der Waals surface area contributed by atoms with Crippen molar-refractivity contribution in [3.05, 3.63) is 40.6 Å². The van der Waals surface area contributed by atoms with Crippen molar-refractivity contribution in [3.8, 4) is 0 Å². The highest BCUT2D eigenvalue weighted by molar-refractivity contribution is 6.36. The molecule has 0 unspecified atom stereocenters. The van der Waals surface area contributed by atoms with E-state index in [0.717, 1.165) is 18.2 Å². The van der Waals surface area contributed by atoms with Crippen molar-refractivity contribution in [3.63, 3.8) is 0 Å². The second-order valence-electron chi connectivity index (χ2n) is 3.29. The Bertz CT molecular complexity index is 494. The number of rotatable bonds is 3. The van der Waals surface area contributed by atoms with Crippen molar-refractivity contribution in [2.75, 3.05) is 5.32 Å². The fraction of sp³-hybridized carbons (Fsp3) is 0.182. The Hall–Kier alpha value is -1.19. The van der Waals surface area contributed by atoms with Gasteiger partial charge in [-0.3, -0.25) is 0 Å². The fourth-order valence-corrected chi connectivity index (χ4v) is 1.86. The molecule has 0 aliphatic heterocycles. The molecule has 16 heavy (non-hydrogen) atoms. The normalized spacial score (nSPS) is 10.4. The van der Waals surface area contributed by atoms with Gasteiger partial charge in [0.2, 0.25) is 5.95 Å². The van der Waals surface area contributed by atoms with Crippen LogP contribution in [0.4, 0.5) is 11.6 Å². The summed E-state index contributed by atoms with van der Waals surface area (Å²) in [6.45, 7) is 2.91. The number of imidazole rings is 1. The average molecular weight is 256 g/mol. The molecule has 1 aromatic carbocycles. The zero-order valence-corrected chi connectivity index (χ0v) is 10.3. The van der Waals surface area contributed by atoms with Gasteiger partial charge in [0.15, 0.2) is 0 Å². The molecule has 3 nitrogen and oxygen atoms in total. The second kappa shape index (κ2) is 4.76. The number of nitrogens with zero attached hydrogens (tertiary/aromatic N) is 2. The van der Waals surface area contributed by atoms with Crippen LogP contribution in [0.1, 0.15) is 6.92 Å². The first-order valence-electron chi connectivity index (χ1n) is 4.94. The predicted molar refractivity (Wildman–Crippen MR) is 67.6 cm³/mol. The maximum atomic E-state index is 6.06. The number of benzene rings is 1. The zero-order chi connectivity index (χ0) is 11.5. The molecule has 84 valence electrons. The molecule has 1 N–H and O–H groups in total. The number of hydrogen-bond acceptors (Lipinski definition) is 2. The lowest BCUT2D eigenvalue weighted by molar-refractivity contribution is 0.772. The van der Waals surface area contributed by atoms with E-state index in [1.165, 1.54) is 0 Å². The first kappa shape index (κ1) is 11.3. The summed E-state index contributed by atoms with van der Waals surface area (Å²) >= 11 is 11.9. The van der Waals surface area contributed by atoms with E-state index in [1.54, 1.807) is 18.3 Å². The highest BCUT2D eigenvalue weighted by atomic mass is 35.5. The summed E-state index contributed by atoms with van der Waals surface area (Å²) in [5.74, 6) is 0.770. The van der Waals surface area contributed by atoms with Crippen LogP contribution >= 0.6 is 23.2 Å². The summed E-state index contributed by atoms with van der Waals surface area (Å²) in [6.07, 6.45) is 3.65. The Morgan fingerprint density at radius 2 is 2.19 bits per heavy atom. The number of halogens is 2. The Morgan fingerprint density at radius 3 is 2.88 bits per heavy atom. The minimum Gasteiger partial charge on any atom is -0.324 e. The Labute approximate surface area is 104 Å². The van der Waals surface area contributed by atoms with Crippen molar-refractivity contribution in [1.82, 2.24) is 9.55 Å². The van der Waals surface area contributed by atoms with E-state index in [2.05, 4.69) is 17.2 Å². The maximum Gasteiger partial charge on any atom is 0.207 e. The van der Waals surface area contributed by atoms with Crippen molar-refractivity contribution in [2.45, 2.75) is 13.5 Å². The van der Waals surface area contributed by atoms with Gasteiger partial charge in [0.05, 0.1) is 10.7 Å². The molecule has 2 aromatic rings. The third-order valence-electron chi connectivity index (χ3n) is 2.23. The summed E-state index contributed by atoms with van der Waals surface area (Å²) in [6, 6.07) is 5.32. The van der Waals surface area contributed by atoms with Crippen LogP contribution in [-0.4, -0.2) is 9.55 Å². The van der Waals surface area contributed by atoms with Gasteiger partial charge >= 0.3 is 0 Å². The SMILES string of the molecule is CCn1ccnc1Nc1ccc(Cl)cc1Cl. The van der Waals surface area contributed by atoms with Gasteiger partial charge in [0, 0.05) is 24.0 Å². The topological polar surface area (TPSA) is 29.9 Å². The van der Waals surface area contributed by atoms with Gasteiger partial charge in [-0.1, -0.05) is 23.2 Å². The van der Waals surface area contributed by atoms with Gasteiger partial charge in [0.25, 0.3) is 0 Å². The van der Waals surface area contributed by atoms with E-state index in [4.69, 9.17) is 23.2 Å². The zero-order valence-electron chi connectivity index (χ0n) is 8.74. The van der Waals surface area contributed by atoms with Gasteiger partial charge < -0.3 is 9.88 Å². The Morgan fingerprint density at radius 1 is 1.38 bits per heavy atom. The molecule has 0 aliphatic rings. The van der Waals surface area contributed by atoms with Crippen molar-refractivity contribution < 1.29 is 0 Å². The number of aryl methyl sites for hydroxylation is 1. The lowest BCUT2D eigenvalue weighted by Crippen LogP contribution is -2.01. The summed E-state index contributed by atoms with van der Waals surface area (Å²) < 4.78 is 1.99. The van der Waals surface area contributed by atoms with Gasteiger partial charge in [-0.15, -0.1) is 0 Å². The van der Waals surface area contributed by atoms with E-state index < -0.39 is 0 Å². The van der Waals surface area contributed by atoms with Crippen LogP contribution in [0.2, 0.25) is 10.0 Å². The summed E-state index contributed by atoms with van der Waals surface area (Å²) in [5, 5.41) is 4.36. The molecule has 0 saturated heterocycles. The minimum absolute atomic E-state index is 0.582. The monoisotopic (exact) mass is 255 g/mol. The van der Waals surface area contributed by atoms with Gasteiger partial charge in [-0.25, -0.2) is 4.98 Å². The summed E-state index contributed by atoms with van der Waals surface area (Å²) in [5.41, 5.74) is 0.798. The van der Waals surface area contributed by atoms with Crippen molar-refractivity contribution in [1.29, 1.82) is 0 Å². The van der Waals surface area contributed by atoms with Crippen LogP contribution in [0.3, 0.4) is 0 Å². The molecule has 0 radical (unpaired) electrons. The molecule has 2 rings (SSSR count).